The molecule has 2 amide bonds. The zero-order valence-corrected chi connectivity index (χ0v) is 14.6. The molecule has 1 aliphatic heterocycles. The first-order valence-corrected chi connectivity index (χ1v) is 8.39. The smallest absolute Gasteiger partial charge is 0.270 e. The summed E-state index contributed by atoms with van der Waals surface area (Å²) in [4.78, 5) is 32.4. The SMILES string of the molecule is O=C1c2ccccc2C(=O)N1Cc1cc(-c2cnc(C(F)(F)F)nc2)ccc1F. The van der Waals surface area contributed by atoms with Crippen LogP contribution in [0.1, 0.15) is 32.1 Å². The lowest BCUT2D eigenvalue weighted by molar-refractivity contribution is -0.145. The number of fused-ring (bicyclic) bond motifs is 1. The quantitative estimate of drug-likeness (QED) is 0.490. The van der Waals surface area contributed by atoms with Crippen LogP contribution in [0.2, 0.25) is 0 Å². The minimum absolute atomic E-state index is 0.0388. The second-order valence-electron chi connectivity index (χ2n) is 6.34. The molecule has 9 heteroatoms. The molecule has 0 unspecified atom stereocenters. The van der Waals surface area contributed by atoms with Crippen LogP contribution >= 0.6 is 0 Å². The highest BCUT2D eigenvalue weighted by Gasteiger charge is 2.36. The third kappa shape index (κ3) is 3.35. The molecule has 29 heavy (non-hydrogen) atoms. The van der Waals surface area contributed by atoms with Crippen molar-refractivity contribution in [2.45, 2.75) is 12.7 Å². The molecule has 0 saturated carbocycles. The predicted molar refractivity (Wildman–Crippen MR) is 93.1 cm³/mol. The maximum Gasteiger partial charge on any atom is 0.451 e. The van der Waals surface area contributed by atoms with Crippen LogP contribution in [-0.2, 0) is 12.7 Å². The van der Waals surface area contributed by atoms with E-state index in [0.717, 1.165) is 23.4 Å². The van der Waals surface area contributed by atoms with Gasteiger partial charge in [0.05, 0.1) is 17.7 Å². The number of benzene rings is 2. The molecule has 4 rings (SSSR count). The highest BCUT2D eigenvalue weighted by atomic mass is 19.4. The van der Waals surface area contributed by atoms with E-state index in [0.29, 0.717) is 5.56 Å². The summed E-state index contributed by atoms with van der Waals surface area (Å²) < 4.78 is 52.1. The van der Waals surface area contributed by atoms with Gasteiger partial charge in [-0.2, -0.15) is 13.2 Å². The van der Waals surface area contributed by atoms with Gasteiger partial charge in [0.15, 0.2) is 0 Å². The lowest BCUT2D eigenvalue weighted by Gasteiger charge is -2.15. The average Bonchev–Trinajstić information content (AvgIpc) is 2.94. The number of hydrogen-bond donors (Lipinski definition) is 0. The zero-order chi connectivity index (χ0) is 20.8. The summed E-state index contributed by atoms with van der Waals surface area (Å²) in [7, 11) is 0. The molecule has 0 fully saturated rings. The molecule has 0 aliphatic carbocycles. The topological polar surface area (TPSA) is 63.2 Å². The molecule has 0 bridgehead atoms. The van der Waals surface area contributed by atoms with Crippen molar-refractivity contribution in [1.29, 1.82) is 0 Å². The van der Waals surface area contributed by atoms with Gasteiger partial charge in [0.25, 0.3) is 11.8 Å². The summed E-state index contributed by atoms with van der Waals surface area (Å²) in [5, 5.41) is 0. The van der Waals surface area contributed by atoms with Crippen molar-refractivity contribution in [3.63, 3.8) is 0 Å². The van der Waals surface area contributed by atoms with Crippen molar-refractivity contribution in [2.75, 3.05) is 0 Å². The average molecular weight is 401 g/mol. The van der Waals surface area contributed by atoms with Crippen LogP contribution in [0, 0.1) is 5.82 Å². The van der Waals surface area contributed by atoms with Gasteiger partial charge in [0.2, 0.25) is 5.82 Å². The summed E-state index contributed by atoms with van der Waals surface area (Å²) in [5.74, 6) is -3.01. The van der Waals surface area contributed by atoms with E-state index < -0.39 is 29.6 Å². The van der Waals surface area contributed by atoms with Crippen LogP contribution in [0.5, 0.6) is 0 Å². The molecule has 1 aliphatic rings. The Balaban J connectivity index is 1.63. The standard InChI is InChI=1S/C20H11F4N3O2/c21-16-6-5-11(13-8-25-19(26-9-13)20(22,23)24)7-12(16)10-27-17(28)14-3-1-2-4-15(14)18(27)29/h1-9H,10H2. The fourth-order valence-electron chi connectivity index (χ4n) is 3.05. The van der Waals surface area contributed by atoms with E-state index in [1.807, 2.05) is 0 Å². The molecular weight excluding hydrogens is 390 g/mol. The molecule has 2 aromatic carbocycles. The first-order chi connectivity index (χ1) is 13.8. The van der Waals surface area contributed by atoms with E-state index in [9.17, 15) is 27.2 Å². The predicted octanol–water partition coefficient (Wildman–Crippen LogP) is 4.10. The van der Waals surface area contributed by atoms with Crippen LogP contribution in [0.3, 0.4) is 0 Å². The van der Waals surface area contributed by atoms with E-state index in [2.05, 4.69) is 9.97 Å². The molecular formula is C20H11F4N3O2. The Morgan fingerprint density at radius 3 is 2.00 bits per heavy atom. The van der Waals surface area contributed by atoms with Gasteiger partial charge in [0, 0.05) is 23.5 Å². The molecule has 2 heterocycles. The number of halogens is 4. The number of aromatic nitrogens is 2. The molecule has 1 aromatic heterocycles. The first-order valence-electron chi connectivity index (χ1n) is 8.39. The fourth-order valence-corrected chi connectivity index (χ4v) is 3.05. The Morgan fingerprint density at radius 1 is 0.862 bits per heavy atom. The number of imide groups is 1. The van der Waals surface area contributed by atoms with Crippen LogP contribution in [-0.4, -0.2) is 26.7 Å². The van der Waals surface area contributed by atoms with Gasteiger partial charge >= 0.3 is 6.18 Å². The van der Waals surface area contributed by atoms with Gasteiger partial charge in [0.1, 0.15) is 5.82 Å². The molecule has 0 spiro atoms. The number of carbonyl (C=O) groups excluding carboxylic acids is 2. The van der Waals surface area contributed by atoms with Crippen LogP contribution in [0.4, 0.5) is 17.6 Å². The monoisotopic (exact) mass is 401 g/mol. The minimum atomic E-state index is -4.67. The number of carbonyl (C=O) groups is 2. The van der Waals surface area contributed by atoms with E-state index in [1.54, 1.807) is 12.1 Å². The lowest BCUT2D eigenvalue weighted by Crippen LogP contribution is -2.29. The second kappa shape index (κ2) is 6.77. The Hall–Kier alpha value is -3.62. The van der Waals surface area contributed by atoms with Crippen LogP contribution < -0.4 is 0 Å². The molecule has 146 valence electrons. The Labute approximate surface area is 161 Å². The summed E-state index contributed by atoms with van der Waals surface area (Å²) >= 11 is 0. The van der Waals surface area contributed by atoms with Crippen LogP contribution in [0.15, 0.2) is 54.9 Å². The number of hydrogen-bond acceptors (Lipinski definition) is 4. The van der Waals surface area contributed by atoms with E-state index in [1.165, 1.54) is 24.3 Å². The van der Waals surface area contributed by atoms with E-state index >= 15 is 0 Å². The van der Waals surface area contributed by atoms with Crippen molar-refractivity contribution in [3.8, 4) is 11.1 Å². The van der Waals surface area contributed by atoms with Crippen molar-refractivity contribution in [1.82, 2.24) is 14.9 Å². The molecule has 0 radical (unpaired) electrons. The fraction of sp³-hybridized carbons (Fsp3) is 0.100. The number of nitrogens with zero attached hydrogens (tertiary/aromatic N) is 3. The minimum Gasteiger partial charge on any atom is -0.270 e. The molecule has 0 saturated heterocycles. The highest BCUT2D eigenvalue weighted by Crippen LogP contribution is 2.29. The van der Waals surface area contributed by atoms with Crippen molar-refractivity contribution < 1.29 is 27.2 Å². The Kier molecular flexibility index (Phi) is 4.37. The maximum absolute atomic E-state index is 14.3. The maximum atomic E-state index is 14.3. The number of alkyl halides is 3. The Bertz CT molecular complexity index is 1090. The summed E-state index contributed by atoms with van der Waals surface area (Å²) in [6.45, 7) is -0.312. The van der Waals surface area contributed by atoms with Gasteiger partial charge in [-0.05, 0) is 29.8 Å². The van der Waals surface area contributed by atoms with E-state index in [-0.39, 0.29) is 28.8 Å². The molecule has 0 N–H and O–H groups in total. The third-order valence-corrected chi connectivity index (χ3v) is 4.49. The van der Waals surface area contributed by atoms with Gasteiger partial charge in [-0.15, -0.1) is 0 Å². The highest BCUT2D eigenvalue weighted by molar-refractivity contribution is 6.21. The van der Waals surface area contributed by atoms with Gasteiger partial charge < -0.3 is 0 Å². The molecule has 3 aromatic rings. The third-order valence-electron chi connectivity index (χ3n) is 4.49. The first kappa shape index (κ1) is 18.7. The number of rotatable bonds is 3. The van der Waals surface area contributed by atoms with Crippen molar-refractivity contribution in [3.05, 3.63) is 83.2 Å². The van der Waals surface area contributed by atoms with Crippen molar-refractivity contribution in [2.24, 2.45) is 0 Å². The number of amides is 2. The van der Waals surface area contributed by atoms with E-state index in [4.69, 9.17) is 0 Å². The van der Waals surface area contributed by atoms with Crippen LogP contribution in [0.25, 0.3) is 11.1 Å². The normalized spacial score (nSPS) is 13.7. The summed E-state index contributed by atoms with van der Waals surface area (Å²) in [6, 6.07) is 10.1. The van der Waals surface area contributed by atoms with Gasteiger partial charge in [-0.3, -0.25) is 14.5 Å². The summed E-state index contributed by atoms with van der Waals surface area (Å²) in [5.41, 5.74) is 1.11. The second-order valence-corrected chi connectivity index (χ2v) is 6.34. The summed E-state index contributed by atoms with van der Waals surface area (Å²) in [6.07, 6.45) is -2.71. The van der Waals surface area contributed by atoms with Crippen molar-refractivity contribution >= 4 is 11.8 Å². The Morgan fingerprint density at radius 2 is 1.45 bits per heavy atom. The largest absolute Gasteiger partial charge is 0.451 e. The van der Waals surface area contributed by atoms with Gasteiger partial charge in [-0.1, -0.05) is 18.2 Å². The van der Waals surface area contributed by atoms with Gasteiger partial charge in [-0.25, -0.2) is 14.4 Å². The zero-order valence-electron chi connectivity index (χ0n) is 14.6. The molecule has 0 atom stereocenters. The molecule has 5 nitrogen and oxygen atoms in total. The lowest BCUT2D eigenvalue weighted by atomic mass is 10.0.